The first kappa shape index (κ1) is 14.9. The van der Waals surface area contributed by atoms with E-state index in [-0.39, 0.29) is 0 Å². The molecule has 1 atom stereocenters. The van der Waals surface area contributed by atoms with Crippen LogP contribution in [0.15, 0.2) is 23.1 Å². The van der Waals surface area contributed by atoms with E-state index >= 15 is 0 Å². The van der Waals surface area contributed by atoms with Crippen LogP contribution in [0.5, 0.6) is 0 Å². The van der Waals surface area contributed by atoms with Crippen molar-refractivity contribution < 1.29 is 8.78 Å². The van der Waals surface area contributed by atoms with Crippen LogP contribution in [0, 0.1) is 23.0 Å². The van der Waals surface area contributed by atoms with Gasteiger partial charge in [0.2, 0.25) is 0 Å². The van der Waals surface area contributed by atoms with Crippen molar-refractivity contribution >= 4 is 11.8 Å². The Bertz CT molecular complexity index is 445. The van der Waals surface area contributed by atoms with Gasteiger partial charge in [-0.2, -0.15) is 5.26 Å². The van der Waals surface area contributed by atoms with Crippen LogP contribution >= 0.6 is 11.8 Å². The highest BCUT2D eigenvalue weighted by atomic mass is 32.2. The van der Waals surface area contributed by atoms with Crippen LogP contribution in [0.2, 0.25) is 0 Å². The van der Waals surface area contributed by atoms with Crippen molar-refractivity contribution in [2.75, 3.05) is 12.8 Å². The van der Waals surface area contributed by atoms with E-state index in [2.05, 4.69) is 11.4 Å². The van der Waals surface area contributed by atoms with Crippen LogP contribution in [0.1, 0.15) is 19.8 Å². The predicted molar refractivity (Wildman–Crippen MR) is 69.4 cm³/mol. The quantitative estimate of drug-likeness (QED) is 0.636. The van der Waals surface area contributed by atoms with Gasteiger partial charge in [-0.3, -0.25) is 0 Å². The minimum Gasteiger partial charge on any atom is -0.303 e. The fraction of sp³-hybridized carbons (Fsp3) is 0.462. The molecule has 0 saturated carbocycles. The number of benzene rings is 1. The van der Waals surface area contributed by atoms with Crippen molar-refractivity contribution in [1.29, 1.82) is 5.26 Å². The maximum Gasteiger partial charge on any atom is 0.139 e. The third kappa shape index (κ3) is 4.28. The molecular weight excluding hydrogens is 254 g/mol. The summed E-state index contributed by atoms with van der Waals surface area (Å²) in [7, 11) is 1.75. The fourth-order valence-electron chi connectivity index (χ4n) is 1.44. The van der Waals surface area contributed by atoms with Gasteiger partial charge in [0.15, 0.2) is 0 Å². The summed E-state index contributed by atoms with van der Waals surface area (Å²) in [6.45, 7) is 1.83. The van der Waals surface area contributed by atoms with Gasteiger partial charge in [-0.05, 0) is 44.7 Å². The standard InChI is InChI=1S/C13H16F2N2S/c1-13(9-16,17-2)6-3-7-18-12-5-4-10(14)8-11(12)15/h4-5,8,17H,3,6-7H2,1-2H3. The highest BCUT2D eigenvalue weighted by Crippen LogP contribution is 2.24. The summed E-state index contributed by atoms with van der Waals surface area (Å²) >= 11 is 1.34. The summed E-state index contributed by atoms with van der Waals surface area (Å²) in [5, 5.41) is 11.9. The van der Waals surface area contributed by atoms with Gasteiger partial charge in [-0.25, -0.2) is 8.78 Å². The van der Waals surface area contributed by atoms with Crippen molar-refractivity contribution in [1.82, 2.24) is 5.32 Å². The van der Waals surface area contributed by atoms with Crippen molar-refractivity contribution in [2.45, 2.75) is 30.2 Å². The molecule has 5 heteroatoms. The minimum atomic E-state index is -0.566. The third-order valence-corrected chi connectivity index (χ3v) is 3.91. The van der Waals surface area contributed by atoms with Crippen LogP contribution < -0.4 is 5.32 Å². The maximum atomic E-state index is 13.3. The number of nitrogens with one attached hydrogen (secondary N) is 1. The molecule has 98 valence electrons. The number of hydrogen-bond acceptors (Lipinski definition) is 3. The number of nitriles is 1. The molecule has 1 N–H and O–H groups in total. The van der Waals surface area contributed by atoms with Gasteiger partial charge in [0.25, 0.3) is 0 Å². The molecule has 0 aliphatic rings. The first-order valence-corrected chi connectivity index (χ1v) is 6.67. The highest BCUT2D eigenvalue weighted by Gasteiger charge is 2.20. The molecular formula is C13H16F2N2S. The molecule has 0 aromatic heterocycles. The van der Waals surface area contributed by atoms with Gasteiger partial charge in [-0.15, -0.1) is 11.8 Å². The lowest BCUT2D eigenvalue weighted by molar-refractivity contribution is 0.451. The number of rotatable bonds is 6. The van der Waals surface area contributed by atoms with E-state index in [0.717, 1.165) is 12.5 Å². The van der Waals surface area contributed by atoms with Gasteiger partial charge < -0.3 is 5.32 Å². The Kier molecular flexibility index (Phi) is 5.57. The van der Waals surface area contributed by atoms with E-state index in [0.29, 0.717) is 17.1 Å². The SMILES string of the molecule is CNC(C)(C#N)CCCSc1ccc(F)cc1F. The molecule has 0 amide bonds. The normalized spacial score (nSPS) is 13.9. The number of hydrogen-bond donors (Lipinski definition) is 1. The second-order valence-electron chi connectivity index (χ2n) is 4.22. The zero-order valence-electron chi connectivity index (χ0n) is 10.5. The van der Waals surface area contributed by atoms with Crippen LogP contribution in [0.3, 0.4) is 0 Å². The van der Waals surface area contributed by atoms with E-state index in [1.54, 1.807) is 7.05 Å². The molecule has 2 nitrogen and oxygen atoms in total. The molecule has 0 bridgehead atoms. The van der Waals surface area contributed by atoms with Gasteiger partial charge >= 0.3 is 0 Å². The van der Waals surface area contributed by atoms with Gasteiger partial charge in [0, 0.05) is 11.0 Å². The van der Waals surface area contributed by atoms with Crippen molar-refractivity contribution in [3.05, 3.63) is 29.8 Å². The molecule has 0 heterocycles. The second kappa shape index (κ2) is 6.72. The summed E-state index contributed by atoms with van der Waals surface area (Å²) in [6, 6.07) is 5.78. The predicted octanol–water partition coefficient (Wildman–Crippen LogP) is 3.34. The first-order chi connectivity index (χ1) is 8.50. The lowest BCUT2D eigenvalue weighted by Crippen LogP contribution is -2.37. The van der Waals surface area contributed by atoms with Gasteiger partial charge in [-0.1, -0.05) is 0 Å². The van der Waals surface area contributed by atoms with Crippen LogP contribution in [0.25, 0.3) is 0 Å². The molecule has 1 aromatic rings. The average Bonchev–Trinajstić information content (AvgIpc) is 2.36. The molecule has 0 aliphatic carbocycles. The third-order valence-electron chi connectivity index (χ3n) is 2.77. The summed E-state index contributed by atoms with van der Waals surface area (Å²) in [4.78, 5) is 0.444. The highest BCUT2D eigenvalue weighted by molar-refractivity contribution is 7.99. The number of halogens is 2. The maximum absolute atomic E-state index is 13.3. The van der Waals surface area contributed by atoms with Crippen LogP contribution in [-0.4, -0.2) is 18.3 Å². The van der Waals surface area contributed by atoms with Crippen molar-refractivity contribution in [2.24, 2.45) is 0 Å². The molecule has 1 unspecified atom stereocenters. The monoisotopic (exact) mass is 270 g/mol. The molecule has 0 spiro atoms. The Hall–Kier alpha value is -1.12. The van der Waals surface area contributed by atoms with E-state index < -0.39 is 17.2 Å². The van der Waals surface area contributed by atoms with Gasteiger partial charge in [0.1, 0.15) is 17.2 Å². The zero-order valence-corrected chi connectivity index (χ0v) is 11.3. The van der Waals surface area contributed by atoms with Crippen molar-refractivity contribution in [3.63, 3.8) is 0 Å². The molecule has 0 fully saturated rings. The Labute approximate surface area is 110 Å². The summed E-state index contributed by atoms with van der Waals surface area (Å²) < 4.78 is 26.0. The smallest absolute Gasteiger partial charge is 0.139 e. The van der Waals surface area contributed by atoms with Crippen molar-refractivity contribution in [3.8, 4) is 6.07 Å². The van der Waals surface area contributed by atoms with Gasteiger partial charge in [0.05, 0.1) is 6.07 Å². The second-order valence-corrected chi connectivity index (χ2v) is 5.36. The molecule has 0 aliphatic heterocycles. The van der Waals surface area contributed by atoms with Crippen LogP contribution in [-0.2, 0) is 0 Å². The summed E-state index contributed by atoms with van der Waals surface area (Å²) in [5.74, 6) is -0.401. The number of nitrogens with zero attached hydrogens (tertiary/aromatic N) is 1. The van der Waals surface area contributed by atoms with E-state index in [9.17, 15) is 8.78 Å². The van der Waals surface area contributed by atoms with E-state index in [1.807, 2.05) is 6.92 Å². The van der Waals surface area contributed by atoms with E-state index in [1.165, 1.54) is 23.9 Å². The molecule has 1 rings (SSSR count). The van der Waals surface area contributed by atoms with E-state index in [4.69, 9.17) is 5.26 Å². The molecule has 18 heavy (non-hydrogen) atoms. The Morgan fingerprint density at radius 3 is 2.72 bits per heavy atom. The number of thioether (sulfide) groups is 1. The molecule has 0 saturated heterocycles. The molecule has 1 aromatic carbocycles. The summed E-state index contributed by atoms with van der Waals surface area (Å²) in [5.41, 5.74) is -0.540. The fourth-order valence-corrected chi connectivity index (χ4v) is 2.31. The minimum absolute atomic E-state index is 0.444. The average molecular weight is 270 g/mol. The Morgan fingerprint density at radius 2 is 2.17 bits per heavy atom. The lowest BCUT2D eigenvalue weighted by atomic mass is 9.99. The molecule has 0 radical (unpaired) electrons. The lowest BCUT2D eigenvalue weighted by Gasteiger charge is -2.20. The largest absolute Gasteiger partial charge is 0.303 e. The Morgan fingerprint density at radius 1 is 1.44 bits per heavy atom. The Balaban J connectivity index is 2.41. The first-order valence-electron chi connectivity index (χ1n) is 5.69. The summed E-state index contributed by atoms with van der Waals surface area (Å²) in [6.07, 6.45) is 1.47. The van der Waals surface area contributed by atoms with Crippen LogP contribution in [0.4, 0.5) is 8.78 Å². The zero-order chi connectivity index (χ0) is 13.6. The topological polar surface area (TPSA) is 35.8 Å².